The van der Waals surface area contributed by atoms with Crippen molar-refractivity contribution in [2.24, 2.45) is 15.5 Å². The van der Waals surface area contributed by atoms with Gasteiger partial charge >= 0.3 is 17.9 Å². The molecule has 98 heavy (non-hydrogen) atoms. The second kappa shape index (κ2) is 30.3. The number of carbonyl (C=O) groups is 6. The van der Waals surface area contributed by atoms with Crippen molar-refractivity contribution in [2.75, 3.05) is 49.2 Å². The number of ketones is 3. The molecule has 11 rings (SSSR count). The van der Waals surface area contributed by atoms with E-state index >= 15 is 0 Å². The van der Waals surface area contributed by atoms with Gasteiger partial charge in [0.05, 0.1) is 52.4 Å². The van der Waals surface area contributed by atoms with Crippen LogP contribution in [-0.4, -0.2) is 101 Å². The smallest absolute Gasteiger partial charge is 0.331 e. The number of hydrogen-bond acceptors (Lipinski definition) is 16. The second-order valence-corrected chi connectivity index (χ2v) is 23.5. The lowest BCUT2D eigenvalue weighted by Gasteiger charge is -2.21. The average Bonchev–Trinajstić information content (AvgIpc) is 1.59. The first kappa shape index (κ1) is 67.6. The Kier molecular flexibility index (Phi) is 20.9. The van der Waals surface area contributed by atoms with Crippen molar-refractivity contribution in [3.8, 4) is 22.9 Å². The first-order chi connectivity index (χ1) is 47.4. The van der Waals surface area contributed by atoms with Crippen LogP contribution in [-0.2, 0) is 28.9 Å². The lowest BCUT2D eigenvalue weighted by molar-refractivity contribution is -0.141. The quantitative estimate of drug-likeness (QED) is 0.0204. The molecule has 0 bridgehead atoms. The Bertz CT molecular complexity index is 4920. The van der Waals surface area contributed by atoms with Crippen LogP contribution < -0.4 is 19.3 Å². The number of aromatic nitrogens is 2. The molecule has 0 saturated carbocycles. The first-order valence-corrected chi connectivity index (χ1v) is 32.7. The predicted octanol–water partition coefficient (Wildman–Crippen LogP) is 16.0. The molecule has 18 heteroatoms. The molecule has 2 heterocycles. The molecule has 2 aromatic heterocycles. The van der Waals surface area contributed by atoms with E-state index in [1.165, 1.54) is 20.8 Å². The lowest BCUT2D eigenvalue weighted by Crippen LogP contribution is -2.21. The fourth-order valence-electron chi connectivity index (χ4n) is 12.1. The summed E-state index contributed by atoms with van der Waals surface area (Å²) in [5.41, 5.74) is 13.5. The highest BCUT2D eigenvalue weighted by atomic mass is 16.7. The van der Waals surface area contributed by atoms with Crippen molar-refractivity contribution in [1.82, 2.24) is 9.13 Å². The molecule has 0 aliphatic heterocycles. The van der Waals surface area contributed by atoms with E-state index in [4.69, 9.17) is 24.0 Å². The molecule has 0 amide bonds. The first-order valence-electron chi connectivity index (χ1n) is 32.7. The van der Waals surface area contributed by atoms with Crippen LogP contribution in [0.2, 0.25) is 0 Å². The Morgan fingerprint density at radius 3 is 1.03 bits per heavy atom. The molecule has 0 fully saturated rings. The van der Waals surface area contributed by atoms with Crippen LogP contribution in [0.3, 0.4) is 0 Å². The minimum absolute atomic E-state index is 0.0988. The van der Waals surface area contributed by atoms with Crippen molar-refractivity contribution in [1.29, 1.82) is 0 Å². The number of hydrogen-bond donors (Lipinski definition) is 0. The van der Waals surface area contributed by atoms with Gasteiger partial charge in [0.25, 0.3) is 0 Å². The molecule has 0 unspecified atom stereocenters. The molecule has 9 aromatic carbocycles. The molecule has 0 aliphatic carbocycles. The summed E-state index contributed by atoms with van der Waals surface area (Å²) in [5.74, 6) is -0.830. The average molecular weight is 1310 g/mol. The van der Waals surface area contributed by atoms with Crippen LogP contribution in [0.15, 0.2) is 210 Å². The summed E-state index contributed by atoms with van der Waals surface area (Å²) in [6.07, 6.45) is 0.400. The molecule has 496 valence electrons. The van der Waals surface area contributed by atoms with Gasteiger partial charge in [-0.2, -0.15) is 0 Å². The minimum Gasteiger partial charge on any atom is -0.493 e. The second-order valence-electron chi connectivity index (χ2n) is 23.5. The van der Waals surface area contributed by atoms with Crippen LogP contribution in [0.4, 0.5) is 11.4 Å². The molecule has 0 radical (unpaired) electrons. The van der Waals surface area contributed by atoms with Crippen LogP contribution in [0.1, 0.15) is 134 Å². The van der Waals surface area contributed by atoms with E-state index in [1.54, 1.807) is 50.2 Å². The van der Waals surface area contributed by atoms with Crippen molar-refractivity contribution in [3.63, 3.8) is 0 Å². The molecule has 0 aliphatic rings. The summed E-state index contributed by atoms with van der Waals surface area (Å²) >= 11 is 0. The summed E-state index contributed by atoms with van der Waals surface area (Å²) in [6, 6.07) is 60.7. The van der Waals surface area contributed by atoms with Crippen molar-refractivity contribution in [2.45, 2.75) is 75.2 Å². The zero-order valence-electron chi connectivity index (χ0n) is 56.3. The van der Waals surface area contributed by atoms with Gasteiger partial charge in [-0.1, -0.05) is 39.7 Å². The topological polar surface area (TPSA) is 202 Å². The largest absolute Gasteiger partial charge is 0.493 e. The summed E-state index contributed by atoms with van der Waals surface area (Å²) < 4.78 is 16.4. The minimum atomic E-state index is -0.574. The predicted molar refractivity (Wildman–Crippen MR) is 386 cm³/mol. The van der Waals surface area contributed by atoms with Gasteiger partial charge in [0, 0.05) is 132 Å². The summed E-state index contributed by atoms with van der Waals surface area (Å²) in [4.78, 5) is 96.7. The van der Waals surface area contributed by atoms with Crippen molar-refractivity contribution in [3.05, 3.63) is 239 Å². The van der Waals surface area contributed by atoms with Crippen LogP contribution in [0, 0.1) is 0 Å². The number of oxime groups is 3. The number of rotatable bonds is 27. The van der Waals surface area contributed by atoms with E-state index in [9.17, 15) is 28.8 Å². The number of carbonyl (C=O) groups excluding carboxylic acids is 6. The molecule has 0 atom stereocenters. The van der Waals surface area contributed by atoms with Gasteiger partial charge in [-0.3, -0.25) is 14.4 Å². The number of nitrogens with zero attached hydrogens (tertiary/aromatic N) is 7. The van der Waals surface area contributed by atoms with Gasteiger partial charge in [0.1, 0.15) is 11.5 Å². The molecular formula is C80H75N7O11. The molecule has 0 saturated heterocycles. The van der Waals surface area contributed by atoms with Crippen molar-refractivity contribution >= 4 is 107 Å². The van der Waals surface area contributed by atoms with Crippen molar-refractivity contribution < 1.29 is 52.8 Å². The standard InChI is InChI=1S/C80H75N7O11/c1-10-84(11-2)63-26-18-57(19-27-63)79(92)61-24-40-76-71(48-61)69-46-59(50(5)81-96-52(7)88)22-38-74(69)86(76)65-30-14-55(15-31-65)73(83-98-54(9)90)42-44-94-67-34-36-68(37-35-67)95-45-43-78(91)56-16-32-66(33-17-56)87-75-39-23-60(51(6)82-97-53(8)89)47-70(75)72-49-62(25-41-77(72)87)80(93)58-20-28-64(29-21-58)85(12-3)13-4/h14-41,46-49H,10-13,42-45H2,1-9H3. The Morgan fingerprint density at radius 1 is 0.347 bits per heavy atom. The van der Waals surface area contributed by atoms with E-state index in [0.29, 0.717) is 62.0 Å². The highest BCUT2D eigenvalue weighted by Gasteiger charge is 2.22. The number of benzene rings is 9. The zero-order chi connectivity index (χ0) is 69.1. The van der Waals surface area contributed by atoms with E-state index in [0.717, 1.165) is 104 Å². The van der Waals surface area contributed by atoms with Crippen LogP contribution in [0.5, 0.6) is 11.5 Å². The van der Waals surface area contributed by atoms with Crippen LogP contribution >= 0.6 is 0 Å². The maximum Gasteiger partial charge on any atom is 0.331 e. The maximum absolute atomic E-state index is 14.1. The molecular weight excluding hydrogens is 1230 g/mol. The van der Waals surface area contributed by atoms with E-state index < -0.39 is 17.9 Å². The zero-order valence-corrected chi connectivity index (χ0v) is 56.3. The van der Waals surface area contributed by atoms with Gasteiger partial charge in [0.2, 0.25) is 0 Å². The SMILES string of the molecule is CCN(CC)c1ccc(C(=O)c2ccc3c(c2)c2cc(C(C)=NOC(C)=O)ccc2n3-c2ccc(C(=O)CCOc3ccc(OCCC(=NOC(C)=O)c4ccc(-n5c6ccc(C(=O)c7ccc(N(CC)CC)cc7)cc6c6cc(C(C)=NOC(C)=O)ccc65)cc4)cc3)cc2)cc1. The molecule has 0 N–H and O–H groups in total. The molecule has 11 aromatic rings. The number of fused-ring (bicyclic) bond motifs is 6. The third kappa shape index (κ3) is 15.0. The van der Waals surface area contributed by atoms with Gasteiger partial charge in [-0.25, -0.2) is 14.4 Å². The third-order valence-electron chi connectivity index (χ3n) is 17.2. The number of anilines is 2. The fourth-order valence-corrected chi connectivity index (χ4v) is 12.1. The number of ether oxygens (including phenoxy) is 2. The fraction of sp³-hybridized carbons (Fsp3) is 0.212. The Hall–Kier alpha value is -11.8. The summed E-state index contributed by atoms with van der Waals surface area (Å²) in [7, 11) is 0. The van der Waals surface area contributed by atoms with E-state index in [-0.39, 0.29) is 43.4 Å². The summed E-state index contributed by atoms with van der Waals surface area (Å²) in [6.45, 7) is 19.5. The number of Topliss-reactive ketones (excluding diaryl/α,β-unsaturated/α-hetero) is 1. The molecule has 0 spiro atoms. The monoisotopic (exact) mass is 1310 g/mol. The maximum atomic E-state index is 14.1. The van der Waals surface area contributed by atoms with Gasteiger partial charge in [-0.05, 0) is 228 Å². The van der Waals surface area contributed by atoms with Gasteiger partial charge in [-0.15, -0.1) is 0 Å². The third-order valence-corrected chi connectivity index (χ3v) is 17.2. The normalized spacial score (nSPS) is 11.9. The Balaban J connectivity index is 0.746. The Labute approximate surface area is 567 Å². The van der Waals surface area contributed by atoms with E-state index in [1.807, 2.05) is 158 Å². The summed E-state index contributed by atoms with van der Waals surface area (Å²) in [5, 5.41) is 15.7. The van der Waals surface area contributed by atoms with Gasteiger partial charge in [0.15, 0.2) is 17.3 Å². The van der Waals surface area contributed by atoms with Gasteiger partial charge < -0.3 is 42.9 Å². The highest BCUT2D eigenvalue weighted by molar-refractivity contribution is 6.18. The van der Waals surface area contributed by atoms with E-state index in [2.05, 4.69) is 62.1 Å². The Morgan fingerprint density at radius 2 is 0.663 bits per heavy atom. The lowest BCUT2D eigenvalue weighted by atomic mass is 10.00. The highest BCUT2D eigenvalue weighted by Crippen LogP contribution is 2.37. The molecule has 18 nitrogen and oxygen atoms in total. The van der Waals surface area contributed by atoms with Crippen LogP contribution in [0.25, 0.3) is 55.0 Å².